The highest BCUT2D eigenvalue weighted by Crippen LogP contribution is 2.31. The standard InChI is InChI=1S/C25H26N4O4S/c1-2-28-22-8-4-3-7-20(22)21-17-19(11-12-23(21)28)18-26-13-15-27(16-14-26)34(32,33)25-10-6-5-9-24(25)29(30)31/h3-12,17H,2,13-16,18H2,1H3. The third-order valence-electron chi connectivity index (χ3n) is 6.57. The molecule has 1 aromatic heterocycles. The second-order valence-electron chi connectivity index (χ2n) is 8.52. The van der Waals surface area contributed by atoms with E-state index in [-0.39, 0.29) is 10.6 Å². The molecule has 1 aliphatic heterocycles. The summed E-state index contributed by atoms with van der Waals surface area (Å²) >= 11 is 0. The van der Waals surface area contributed by atoms with Gasteiger partial charge in [0.05, 0.1) is 4.92 Å². The predicted molar refractivity (Wildman–Crippen MR) is 132 cm³/mol. The van der Waals surface area contributed by atoms with Crippen molar-refractivity contribution in [1.82, 2.24) is 13.8 Å². The molecule has 5 rings (SSSR count). The lowest BCUT2D eigenvalue weighted by Gasteiger charge is -2.33. The number of piperazine rings is 1. The first-order valence-corrected chi connectivity index (χ1v) is 12.8. The van der Waals surface area contributed by atoms with Crippen molar-refractivity contribution in [3.63, 3.8) is 0 Å². The highest BCUT2D eigenvalue weighted by Gasteiger charge is 2.33. The molecular weight excluding hydrogens is 452 g/mol. The van der Waals surface area contributed by atoms with Crippen LogP contribution >= 0.6 is 0 Å². The SMILES string of the molecule is CCn1c2ccccc2c2cc(CN3CCN(S(=O)(=O)c4ccccc4[N+](=O)[O-])CC3)ccc21. The number of nitrogens with zero attached hydrogens (tertiary/aromatic N) is 4. The fraction of sp³-hybridized carbons (Fsp3) is 0.280. The lowest BCUT2D eigenvalue weighted by molar-refractivity contribution is -0.387. The summed E-state index contributed by atoms with van der Waals surface area (Å²) in [4.78, 5) is 12.7. The van der Waals surface area contributed by atoms with Gasteiger partial charge in [-0.05, 0) is 36.8 Å². The summed E-state index contributed by atoms with van der Waals surface area (Å²) in [5.74, 6) is 0. The Morgan fingerprint density at radius 1 is 0.882 bits per heavy atom. The van der Waals surface area contributed by atoms with Gasteiger partial charge in [0.25, 0.3) is 5.69 Å². The van der Waals surface area contributed by atoms with E-state index < -0.39 is 14.9 Å². The van der Waals surface area contributed by atoms with Gasteiger partial charge in [0.2, 0.25) is 10.0 Å². The van der Waals surface area contributed by atoms with Gasteiger partial charge in [-0.15, -0.1) is 0 Å². The predicted octanol–water partition coefficient (Wildman–Crippen LogP) is 4.23. The molecule has 0 saturated carbocycles. The largest absolute Gasteiger partial charge is 0.341 e. The van der Waals surface area contributed by atoms with Gasteiger partial charge in [-0.1, -0.05) is 36.4 Å². The summed E-state index contributed by atoms with van der Waals surface area (Å²) in [5, 5.41) is 13.8. The number of sulfonamides is 1. The maximum absolute atomic E-state index is 13.1. The molecule has 2 heterocycles. The number of nitro benzene ring substituents is 1. The number of benzene rings is 3. The number of aryl methyl sites for hydroxylation is 1. The minimum Gasteiger partial charge on any atom is -0.341 e. The first kappa shape index (κ1) is 22.5. The Morgan fingerprint density at radius 3 is 2.29 bits per heavy atom. The van der Waals surface area contributed by atoms with Crippen LogP contribution in [0.5, 0.6) is 0 Å². The molecule has 0 radical (unpaired) electrons. The van der Waals surface area contributed by atoms with Crippen molar-refractivity contribution >= 4 is 37.5 Å². The summed E-state index contributed by atoms with van der Waals surface area (Å²) in [7, 11) is -3.93. The maximum Gasteiger partial charge on any atom is 0.289 e. The number of nitro groups is 1. The molecule has 3 aromatic carbocycles. The van der Waals surface area contributed by atoms with E-state index in [0.717, 1.165) is 13.1 Å². The monoisotopic (exact) mass is 478 g/mol. The Kier molecular flexibility index (Phi) is 5.85. The van der Waals surface area contributed by atoms with Gasteiger partial charge in [-0.3, -0.25) is 15.0 Å². The van der Waals surface area contributed by atoms with E-state index in [4.69, 9.17) is 0 Å². The van der Waals surface area contributed by atoms with Crippen LogP contribution in [0.25, 0.3) is 21.8 Å². The average molecular weight is 479 g/mol. The van der Waals surface area contributed by atoms with Gasteiger partial charge in [0.1, 0.15) is 0 Å². The zero-order chi connectivity index (χ0) is 23.9. The number of hydrogen-bond donors (Lipinski definition) is 0. The maximum atomic E-state index is 13.1. The van der Waals surface area contributed by atoms with Crippen LogP contribution in [0.4, 0.5) is 5.69 Å². The van der Waals surface area contributed by atoms with E-state index >= 15 is 0 Å². The van der Waals surface area contributed by atoms with Crippen LogP contribution in [-0.2, 0) is 23.1 Å². The van der Waals surface area contributed by atoms with Gasteiger partial charge in [0.15, 0.2) is 4.90 Å². The highest BCUT2D eigenvalue weighted by molar-refractivity contribution is 7.89. The van der Waals surface area contributed by atoms with E-state index in [1.807, 2.05) is 0 Å². The quantitative estimate of drug-likeness (QED) is 0.306. The Morgan fingerprint density at radius 2 is 1.56 bits per heavy atom. The third kappa shape index (κ3) is 3.85. The molecule has 8 nitrogen and oxygen atoms in total. The van der Waals surface area contributed by atoms with Crippen molar-refractivity contribution < 1.29 is 13.3 Å². The molecule has 0 bridgehead atoms. The zero-order valence-corrected chi connectivity index (χ0v) is 19.7. The fourth-order valence-electron chi connectivity index (χ4n) is 4.89. The van der Waals surface area contributed by atoms with Crippen LogP contribution in [0.2, 0.25) is 0 Å². The van der Waals surface area contributed by atoms with Crippen LogP contribution in [0, 0.1) is 10.1 Å². The van der Waals surface area contributed by atoms with Gasteiger partial charge in [0, 0.05) is 67.1 Å². The fourth-order valence-corrected chi connectivity index (χ4v) is 6.47. The minimum absolute atomic E-state index is 0.244. The van der Waals surface area contributed by atoms with Crippen LogP contribution in [0.1, 0.15) is 12.5 Å². The summed E-state index contributed by atoms with van der Waals surface area (Å²) in [6.45, 7) is 5.50. The molecule has 0 amide bonds. The molecule has 4 aromatic rings. The lowest BCUT2D eigenvalue weighted by atomic mass is 10.1. The van der Waals surface area contributed by atoms with Gasteiger partial charge in [-0.2, -0.15) is 4.31 Å². The van der Waals surface area contributed by atoms with Crippen LogP contribution in [0.15, 0.2) is 71.6 Å². The molecule has 0 unspecified atom stereocenters. The van der Waals surface area contributed by atoms with Gasteiger partial charge in [-0.25, -0.2) is 8.42 Å². The zero-order valence-electron chi connectivity index (χ0n) is 18.9. The van der Waals surface area contributed by atoms with Crippen LogP contribution in [-0.4, -0.2) is 53.3 Å². The Balaban J connectivity index is 1.33. The smallest absolute Gasteiger partial charge is 0.289 e. The van der Waals surface area contributed by atoms with E-state index in [9.17, 15) is 18.5 Å². The molecule has 1 fully saturated rings. The average Bonchev–Trinajstić information content (AvgIpc) is 3.17. The second kappa shape index (κ2) is 8.83. The van der Waals surface area contributed by atoms with Crippen molar-refractivity contribution in [3.05, 3.63) is 82.4 Å². The summed E-state index contributed by atoms with van der Waals surface area (Å²) < 4.78 is 29.8. The molecule has 0 atom stereocenters. The molecule has 1 saturated heterocycles. The van der Waals surface area contributed by atoms with Crippen molar-refractivity contribution in [2.45, 2.75) is 24.9 Å². The first-order valence-electron chi connectivity index (χ1n) is 11.4. The lowest BCUT2D eigenvalue weighted by Crippen LogP contribution is -2.48. The number of aromatic nitrogens is 1. The van der Waals surface area contributed by atoms with Crippen molar-refractivity contribution in [2.24, 2.45) is 0 Å². The number of para-hydroxylation sites is 2. The first-order chi connectivity index (χ1) is 16.4. The topological polar surface area (TPSA) is 88.7 Å². The van der Waals surface area contributed by atoms with E-state index in [0.29, 0.717) is 26.2 Å². The molecule has 1 aliphatic rings. The van der Waals surface area contributed by atoms with Gasteiger partial charge >= 0.3 is 0 Å². The van der Waals surface area contributed by atoms with E-state index in [2.05, 4.69) is 58.9 Å². The molecule has 0 spiro atoms. The molecule has 176 valence electrons. The normalized spacial score (nSPS) is 15.8. The van der Waals surface area contributed by atoms with E-state index in [1.54, 1.807) is 0 Å². The Labute approximate surface area is 198 Å². The molecule has 34 heavy (non-hydrogen) atoms. The Bertz CT molecular complexity index is 1490. The van der Waals surface area contributed by atoms with E-state index in [1.165, 1.54) is 55.9 Å². The third-order valence-corrected chi connectivity index (χ3v) is 8.52. The minimum atomic E-state index is -3.93. The van der Waals surface area contributed by atoms with Crippen molar-refractivity contribution in [2.75, 3.05) is 26.2 Å². The molecular formula is C25H26N4O4S. The summed E-state index contributed by atoms with van der Waals surface area (Å²) in [6, 6.07) is 20.5. The highest BCUT2D eigenvalue weighted by atomic mass is 32.2. The molecule has 9 heteroatoms. The molecule has 0 aliphatic carbocycles. The number of hydrogen-bond acceptors (Lipinski definition) is 5. The van der Waals surface area contributed by atoms with Crippen molar-refractivity contribution in [3.8, 4) is 0 Å². The second-order valence-corrected chi connectivity index (χ2v) is 10.4. The Hall–Kier alpha value is -3.27. The number of fused-ring (bicyclic) bond motifs is 3. The van der Waals surface area contributed by atoms with Crippen LogP contribution < -0.4 is 0 Å². The van der Waals surface area contributed by atoms with Gasteiger partial charge < -0.3 is 4.57 Å². The van der Waals surface area contributed by atoms with Crippen LogP contribution in [0.3, 0.4) is 0 Å². The summed E-state index contributed by atoms with van der Waals surface area (Å²) in [5.41, 5.74) is 3.24. The summed E-state index contributed by atoms with van der Waals surface area (Å²) in [6.07, 6.45) is 0. The van der Waals surface area contributed by atoms with Crippen molar-refractivity contribution in [1.29, 1.82) is 0 Å². The molecule has 0 N–H and O–H groups in total. The number of rotatable bonds is 6.